The number of aromatic amines is 1. The van der Waals surface area contributed by atoms with E-state index < -0.39 is 25.6 Å². The first-order chi connectivity index (χ1) is 18.5. The number of nitrogens with one attached hydrogen (secondary N) is 2. The molecule has 2 aromatic heterocycles. The summed E-state index contributed by atoms with van der Waals surface area (Å²) in [5, 5.41) is 14.0. The van der Waals surface area contributed by atoms with Gasteiger partial charge >= 0.3 is 5.51 Å². The summed E-state index contributed by atoms with van der Waals surface area (Å²) in [5.74, 6) is 2.30. The highest BCUT2D eigenvalue weighted by Gasteiger charge is 2.46. The number of methoxy groups -OCH3 is 1. The lowest BCUT2D eigenvalue weighted by molar-refractivity contribution is -0.0436. The van der Waals surface area contributed by atoms with Gasteiger partial charge in [0.25, 0.3) is 9.84 Å². The topological polar surface area (TPSA) is 128 Å². The van der Waals surface area contributed by atoms with E-state index in [4.69, 9.17) is 16.3 Å². The Morgan fingerprint density at radius 2 is 1.90 bits per heavy atom. The van der Waals surface area contributed by atoms with Crippen LogP contribution < -0.4 is 10.1 Å². The Bertz CT molecular complexity index is 1520. The van der Waals surface area contributed by atoms with Gasteiger partial charge in [0.1, 0.15) is 29.4 Å². The van der Waals surface area contributed by atoms with Gasteiger partial charge in [0.05, 0.1) is 17.4 Å². The first-order valence-electron chi connectivity index (χ1n) is 11.8. The van der Waals surface area contributed by atoms with E-state index in [1.165, 1.54) is 12.1 Å². The highest BCUT2D eigenvalue weighted by Crippen LogP contribution is 2.33. The molecule has 4 rings (SSSR count). The van der Waals surface area contributed by atoms with Crippen molar-refractivity contribution in [1.82, 2.24) is 29.9 Å². The Labute approximate surface area is 227 Å². The Kier molecular flexibility index (Phi) is 8.45. The monoisotopic (exact) mass is 583 g/mol. The molecular formula is C24H25ClF3N7O3S. The van der Waals surface area contributed by atoms with Gasteiger partial charge in [0.2, 0.25) is 5.95 Å². The smallest absolute Gasteiger partial charge is 0.494 e. The van der Waals surface area contributed by atoms with Gasteiger partial charge in [0, 0.05) is 18.2 Å². The third-order valence-electron chi connectivity index (χ3n) is 5.80. The summed E-state index contributed by atoms with van der Waals surface area (Å²) in [5.41, 5.74) is -3.35. The molecule has 10 nitrogen and oxygen atoms in total. The van der Waals surface area contributed by atoms with Gasteiger partial charge in [-0.15, -0.1) is 16.7 Å². The van der Waals surface area contributed by atoms with E-state index in [9.17, 15) is 21.6 Å². The quantitative estimate of drug-likeness (QED) is 0.177. The van der Waals surface area contributed by atoms with Gasteiger partial charge in [-0.3, -0.25) is 5.10 Å². The largest absolute Gasteiger partial charge is 0.501 e. The zero-order valence-electron chi connectivity index (χ0n) is 20.9. The number of rotatable bonds is 11. The summed E-state index contributed by atoms with van der Waals surface area (Å²) in [7, 11) is -3.82. The summed E-state index contributed by atoms with van der Waals surface area (Å²) >= 11 is 6.38. The first kappa shape index (κ1) is 28.4. The molecule has 0 aliphatic heterocycles. The number of aromatic nitrogens is 6. The molecule has 39 heavy (non-hydrogen) atoms. The van der Waals surface area contributed by atoms with Crippen molar-refractivity contribution < 1.29 is 26.3 Å². The van der Waals surface area contributed by atoms with Crippen LogP contribution in [0, 0.1) is 6.92 Å². The molecule has 0 bridgehead atoms. The van der Waals surface area contributed by atoms with E-state index in [0.29, 0.717) is 48.2 Å². The lowest BCUT2D eigenvalue weighted by Gasteiger charge is -2.12. The number of alkyl halides is 4. The fourth-order valence-corrected chi connectivity index (χ4v) is 4.83. The van der Waals surface area contributed by atoms with E-state index in [1.54, 1.807) is 31.1 Å². The lowest BCUT2D eigenvalue weighted by atomic mass is 10.1. The second kappa shape index (κ2) is 11.6. The number of unbranched alkanes of at least 4 members (excludes halogenated alkanes) is 1. The van der Waals surface area contributed by atoms with E-state index in [0.717, 1.165) is 29.9 Å². The molecule has 15 heteroatoms. The van der Waals surface area contributed by atoms with Gasteiger partial charge in [-0.1, -0.05) is 18.6 Å². The molecule has 0 saturated carbocycles. The number of aryl methyl sites for hydroxylation is 2. The number of hydrogen-bond acceptors (Lipinski definition) is 8. The third-order valence-corrected chi connectivity index (χ3v) is 7.77. The minimum atomic E-state index is -5.38. The predicted molar refractivity (Wildman–Crippen MR) is 138 cm³/mol. The van der Waals surface area contributed by atoms with Gasteiger partial charge in [-0.25, -0.2) is 18.1 Å². The lowest BCUT2D eigenvalue weighted by Crippen LogP contribution is -2.23. The van der Waals surface area contributed by atoms with E-state index >= 15 is 0 Å². The van der Waals surface area contributed by atoms with Crippen LogP contribution in [0.4, 0.5) is 24.8 Å². The van der Waals surface area contributed by atoms with Crippen molar-refractivity contribution in [2.75, 3.05) is 12.4 Å². The molecule has 1 atom stereocenters. The van der Waals surface area contributed by atoms with Crippen LogP contribution in [0.25, 0.3) is 5.69 Å². The van der Waals surface area contributed by atoms with Crippen molar-refractivity contribution in [2.24, 2.45) is 0 Å². The summed E-state index contributed by atoms with van der Waals surface area (Å²) < 4.78 is 68.2. The van der Waals surface area contributed by atoms with Crippen LogP contribution in [-0.2, 0) is 16.3 Å². The van der Waals surface area contributed by atoms with Crippen LogP contribution >= 0.6 is 11.6 Å². The summed E-state index contributed by atoms with van der Waals surface area (Å²) in [4.78, 5) is 7.77. The van der Waals surface area contributed by atoms with Crippen molar-refractivity contribution in [3.05, 3.63) is 66.0 Å². The predicted octanol–water partition coefficient (Wildman–Crippen LogP) is 5.43. The number of sulfone groups is 1. The van der Waals surface area contributed by atoms with Gasteiger partial charge in [-0.05, 0) is 49.6 Å². The van der Waals surface area contributed by atoms with Crippen LogP contribution in [-0.4, -0.2) is 51.0 Å². The summed E-state index contributed by atoms with van der Waals surface area (Å²) in [6, 6.07) is 9.95. The van der Waals surface area contributed by atoms with Gasteiger partial charge < -0.3 is 10.1 Å². The van der Waals surface area contributed by atoms with Crippen molar-refractivity contribution in [2.45, 2.75) is 48.4 Å². The molecule has 0 aliphatic rings. The number of anilines is 2. The molecule has 2 heterocycles. The Morgan fingerprint density at radius 1 is 1.15 bits per heavy atom. The molecule has 1 unspecified atom stereocenters. The molecule has 0 fully saturated rings. The Morgan fingerprint density at radius 3 is 2.54 bits per heavy atom. The second-order valence-electron chi connectivity index (χ2n) is 8.59. The Balaban J connectivity index is 1.27. The molecule has 0 amide bonds. The van der Waals surface area contributed by atoms with Gasteiger partial charge in [0.15, 0.2) is 0 Å². The maximum absolute atomic E-state index is 12.7. The summed E-state index contributed by atoms with van der Waals surface area (Å²) in [6.45, 7) is 1.80. The molecular weight excluding hydrogens is 559 g/mol. The standard InChI is InChI=1S/C24H25ClF3N7O3S/c1-15-29-14-35(34-15)20-12-9-17(13-21(20)38-2)30-23-31-22(32-33-23)6-4-3-5-19(25)16-7-10-18(11-8-16)39(36,37)24(26,27)28/h7-14,19H,3-6H2,1-2H3,(H2,30,31,32,33). The fourth-order valence-electron chi connectivity index (χ4n) is 3.77. The zero-order valence-corrected chi connectivity index (χ0v) is 22.5. The minimum absolute atomic E-state index is 0.389. The number of ether oxygens (including phenoxy) is 1. The highest BCUT2D eigenvalue weighted by atomic mass is 35.5. The normalized spacial score (nSPS) is 12.9. The molecule has 4 aromatic rings. The van der Waals surface area contributed by atoms with Crippen molar-refractivity contribution in [1.29, 1.82) is 0 Å². The van der Waals surface area contributed by atoms with E-state index in [-0.39, 0.29) is 0 Å². The molecule has 0 spiro atoms. The van der Waals surface area contributed by atoms with Crippen LogP contribution in [0.1, 0.15) is 41.9 Å². The SMILES string of the molecule is COc1cc(Nc2n[nH]c(CCCCC(Cl)c3ccc(S(=O)(=O)C(F)(F)F)cc3)n2)ccc1-n1cnc(C)n1. The number of H-pyrrole nitrogens is 1. The third kappa shape index (κ3) is 6.68. The van der Waals surface area contributed by atoms with Crippen LogP contribution in [0.3, 0.4) is 0 Å². The molecule has 2 aromatic carbocycles. The van der Waals surface area contributed by atoms with Gasteiger partial charge in [-0.2, -0.15) is 23.3 Å². The summed E-state index contributed by atoms with van der Waals surface area (Å²) in [6.07, 6.45) is 4.20. The average Bonchev–Trinajstić information content (AvgIpc) is 3.54. The maximum Gasteiger partial charge on any atom is 0.501 e. The van der Waals surface area contributed by atoms with Crippen LogP contribution in [0.2, 0.25) is 0 Å². The molecule has 208 valence electrons. The number of nitrogens with zero attached hydrogens (tertiary/aromatic N) is 5. The highest BCUT2D eigenvalue weighted by molar-refractivity contribution is 7.92. The molecule has 0 saturated heterocycles. The molecule has 0 aliphatic carbocycles. The number of hydrogen-bond donors (Lipinski definition) is 2. The van der Waals surface area contributed by atoms with Crippen LogP contribution in [0.5, 0.6) is 5.75 Å². The molecule has 2 N–H and O–H groups in total. The van der Waals surface area contributed by atoms with Crippen molar-refractivity contribution in [3.63, 3.8) is 0 Å². The minimum Gasteiger partial charge on any atom is -0.494 e. The van der Waals surface area contributed by atoms with E-state index in [1.807, 2.05) is 12.1 Å². The zero-order chi connectivity index (χ0) is 28.2. The first-order valence-corrected chi connectivity index (χ1v) is 13.7. The second-order valence-corrected chi connectivity index (χ2v) is 11.1. The fraction of sp³-hybridized carbons (Fsp3) is 0.333. The Hall–Kier alpha value is -3.65. The number of benzene rings is 2. The average molecular weight is 584 g/mol. The number of halogens is 4. The van der Waals surface area contributed by atoms with Crippen LogP contribution in [0.15, 0.2) is 53.7 Å². The van der Waals surface area contributed by atoms with Crippen molar-refractivity contribution in [3.8, 4) is 11.4 Å². The van der Waals surface area contributed by atoms with E-state index in [2.05, 4.69) is 30.6 Å². The maximum atomic E-state index is 12.7. The molecule has 0 radical (unpaired) electrons. The van der Waals surface area contributed by atoms with Crippen molar-refractivity contribution >= 4 is 33.1 Å².